The molecule has 3 saturated carbocycles. The molecule has 3 heterocycles. The average molecular weight is 899 g/mol. The van der Waals surface area contributed by atoms with Crippen molar-refractivity contribution < 1.29 is 89.1 Å². The Morgan fingerprint density at radius 3 is 2.06 bits per heavy atom. The van der Waals surface area contributed by atoms with Crippen molar-refractivity contribution in [3.8, 4) is 0 Å². The SMILES string of the molecule is C/C(C(=O)CC[C@H](C)CO[C@@H]1O[C@H](CO)[C@@H](O)[C@H](O)[C@H]1O)=C1/C(=O)C[C@@H]2[C@@H]3CC=C4C[C@@H](O[C@@H]5O[C@H](CO)[C@@H](O)[C@H](O)[C@H]5O[C@@H]5O[C@@H](C)[C@H](O)[C@@H](O)[C@H]5O)CC[C@]4(C)[C@H]3CC[C@]12C. The van der Waals surface area contributed by atoms with Gasteiger partial charge in [0.2, 0.25) is 0 Å². The third-order valence-electron chi connectivity index (χ3n) is 16.0. The second kappa shape index (κ2) is 19.4. The number of hydrogen-bond donors (Lipinski definition) is 10. The number of rotatable bonds is 13. The van der Waals surface area contributed by atoms with E-state index in [1.54, 1.807) is 6.92 Å². The van der Waals surface area contributed by atoms with Crippen molar-refractivity contribution in [3.05, 3.63) is 22.8 Å². The minimum Gasteiger partial charge on any atom is -0.394 e. The van der Waals surface area contributed by atoms with Gasteiger partial charge in [0.1, 0.15) is 67.1 Å². The third kappa shape index (κ3) is 9.15. The van der Waals surface area contributed by atoms with Crippen LogP contribution in [0.1, 0.15) is 92.4 Å². The molecule has 0 unspecified atom stereocenters. The van der Waals surface area contributed by atoms with Gasteiger partial charge in [0.05, 0.1) is 32.0 Å². The van der Waals surface area contributed by atoms with Crippen molar-refractivity contribution in [1.29, 1.82) is 0 Å². The molecule has 0 spiro atoms. The first-order valence-corrected chi connectivity index (χ1v) is 22.8. The number of fused-ring (bicyclic) bond motifs is 5. The van der Waals surface area contributed by atoms with Crippen LogP contribution in [0.15, 0.2) is 22.8 Å². The highest BCUT2D eigenvalue weighted by molar-refractivity contribution is 6.08. The molecule has 3 saturated heterocycles. The summed E-state index contributed by atoms with van der Waals surface area (Å²) in [6.07, 6.45) is -13.8. The van der Waals surface area contributed by atoms with Gasteiger partial charge in [-0.05, 0) is 98.9 Å². The Morgan fingerprint density at radius 2 is 1.38 bits per heavy atom. The molecule has 3 aliphatic heterocycles. The van der Waals surface area contributed by atoms with E-state index in [0.29, 0.717) is 36.8 Å². The first-order valence-electron chi connectivity index (χ1n) is 22.8. The first-order chi connectivity index (χ1) is 29.7. The van der Waals surface area contributed by atoms with Crippen LogP contribution in [-0.2, 0) is 38.0 Å². The lowest BCUT2D eigenvalue weighted by Crippen LogP contribution is -2.64. The van der Waals surface area contributed by atoms with E-state index >= 15 is 0 Å². The fourth-order valence-electron chi connectivity index (χ4n) is 12.0. The lowest BCUT2D eigenvalue weighted by molar-refractivity contribution is -0.369. The number of aliphatic hydroxyl groups excluding tert-OH is 10. The summed E-state index contributed by atoms with van der Waals surface area (Å²) in [7, 11) is 0. The Labute approximate surface area is 367 Å². The highest BCUT2D eigenvalue weighted by Gasteiger charge is 2.60. The van der Waals surface area contributed by atoms with E-state index in [1.807, 2.05) is 6.92 Å². The summed E-state index contributed by atoms with van der Waals surface area (Å²) < 4.78 is 35.1. The van der Waals surface area contributed by atoms with Gasteiger partial charge in [-0.2, -0.15) is 0 Å². The monoisotopic (exact) mass is 898 g/mol. The summed E-state index contributed by atoms with van der Waals surface area (Å²) in [6.45, 7) is 8.48. The summed E-state index contributed by atoms with van der Waals surface area (Å²) in [6, 6.07) is 0. The van der Waals surface area contributed by atoms with Gasteiger partial charge in [0, 0.05) is 18.4 Å². The van der Waals surface area contributed by atoms with Gasteiger partial charge in [-0.3, -0.25) is 9.59 Å². The number of Topliss-reactive ketones (excluding diaryl/α,β-unsaturated/α-hetero) is 2. The number of carbonyl (C=O) groups is 2. The van der Waals surface area contributed by atoms with Crippen molar-refractivity contribution in [2.24, 2.45) is 34.5 Å². The second-order valence-corrected chi connectivity index (χ2v) is 19.9. The van der Waals surface area contributed by atoms with Crippen molar-refractivity contribution >= 4 is 11.6 Å². The van der Waals surface area contributed by atoms with Crippen molar-refractivity contribution in [2.45, 2.75) is 191 Å². The van der Waals surface area contributed by atoms with Gasteiger partial charge in [0.15, 0.2) is 30.4 Å². The van der Waals surface area contributed by atoms with Crippen molar-refractivity contribution in [2.75, 3.05) is 19.8 Å². The van der Waals surface area contributed by atoms with Gasteiger partial charge in [-0.15, -0.1) is 0 Å². The second-order valence-electron chi connectivity index (χ2n) is 19.9. The highest BCUT2D eigenvalue weighted by atomic mass is 16.8. The van der Waals surface area contributed by atoms with E-state index in [1.165, 1.54) is 12.5 Å². The average Bonchev–Trinajstić information content (AvgIpc) is 3.54. The predicted octanol–water partition coefficient (Wildman–Crippen LogP) is -0.716. The van der Waals surface area contributed by atoms with E-state index in [4.69, 9.17) is 28.4 Å². The Hall–Kier alpha value is -1.82. The molecule has 4 aliphatic carbocycles. The summed E-state index contributed by atoms with van der Waals surface area (Å²) in [5.41, 5.74) is 1.73. The Balaban J connectivity index is 0.985. The maximum absolute atomic E-state index is 13.9. The minimum absolute atomic E-state index is 0.0223. The smallest absolute Gasteiger partial charge is 0.187 e. The van der Waals surface area contributed by atoms with Gasteiger partial charge in [-0.25, -0.2) is 0 Å². The number of allylic oxidation sites excluding steroid dienone is 3. The molecule has 0 amide bonds. The molecule has 10 N–H and O–H groups in total. The fourth-order valence-corrected chi connectivity index (χ4v) is 12.0. The van der Waals surface area contributed by atoms with Crippen LogP contribution < -0.4 is 0 Å². The lowest BCUT2D eigenvalue weighted by Gasteiger charge is -2.57. The molecule has 22 atom stereocenters. The molecule has 0 aromatic carbocycles. The van der Waals surface area contributed by atoms with Crippen molar-refractivity contribution in [3.63, 3.8) is 0 Å². The molecule has 358 valence electrons. The van der Waals surface area contributed by atoms with E-state index in [2.05, 4.69) is 19.9 Å². The zero-order chi connectivity index (χ0) is 45.9. The number of carbonyl (C=O) groups excluding carboxylic acids is 2. The minimum atomic E-state index is -1.67. The third-order valence-corrected chi connectivity index (χ3v) is 16.0. The van der Waals surface area contributed by atoms with Crippen molar-refractivity contribution in [1.82, 2.24) is 0 Å². The van der Waals surface area contributed by atoms with E-state index in [-0.39, 0.29) is 53.7 Å². The van der Waals surface area contributed by atoms with Gasteiger partial charge >= 0.3 is 0 Å². The maximum atomic E-state index is 13.9. The number of hydrogen-bond acceptors (Lipinski definition) is 18. The van der Waals surface area contributed by atoms with E-state index in [9.17, 15) is 60.7 Å². The largest absolute Gasteiger partial charge is 0.394 e. The molecule has 7 aliphatic rings. The van der Waals surface area contributed by atoms with Crippen LogP contribution in [0.4, 0.5) is 0 Å². The molecule has 6 fully saturated rings. The fraction of sp³-hybridized carbons (Fsp3) is 0.867. The quantitative estimate of drug-likeness (QED) is 0.0807. The number of ether oxygens (including phenoxy) is 6. The number of aliphatic hydroxyl groups is 10. The molecule has 0 aromatic rings. The van der Waals surface area contributed by atoms with Gasteiger partial charge < -0.3 is 79.5 Å². The van der Waals surface area contributed by atoms with Crippen LogP contribution in [0.25, 0.3) is 0 Å². The van der Waals surface area contributed by atoms with E-state index < -0.39 is 117 Å². The molecule has 18 heteroatoms. The molecule has 0 aromatic heterocycles. The van der Waals surface area contributed by atoms with Crippen LogP contribution >= 0.6 is 0 Å². The van der Waals surface area contributed by atoms with Crippen LogP contribution in [-0.4, -0.2) is 181 Å². The molecule has 63 heavy (non-hydrogen) atoms. The molecule has 0 radical (unpaired) electrons. The summed E-state index contributed by atoms with van der Waals surface area (Å²) in [5, 5.41) is 103. The molecular weight excluding hydrogens is 828 g/mol. The standard InChI is InChI=1S/C45H70O18/c1-19(18-58-41-38(56)36(54)33(51)29(16-46)61-41)6-9-27(48)20(2)31-28(49)15-26-24-8-7-22-14-23(10-12-44(22,4)25(24)11-13-45(26,31)5)60-43-40(37(55)34(52)30(17-47)62-43)63-42-39(57)35(53)32(50)21(3)59-42/h7,19,21,23-26,29-30,32-43,46-47,50-57H,6,8-18H2,1-5H3/b31-20+/t19-,21-,23-,24+,25-,26+,29+,30+,32-,33+,34+,35+,36-,37-,38+,39+,40+,41+,42-,43+,44-,45-/m0/s1. The Kier molecular flexibility index (Phi) is 15.1. The number of ketones is 2. The zero-order valence-electron chi connectivity index (χ0n) is 36.8. The summed E-state index contributed by atoms with van der Waals surface area (Å²) in [4.78, 5) is 27.7. The maximum Gasteiger partial charge on any atom is 0.187 e. The zero-order valence-corrected chi connectivity index (χ0v) is 36.8. The predicted molar refractivity (Wildman–Crippen MR) is 218 cm³/mol. The molecular formula is C45H70O18. The molecule has 0 bridgehead atoms. The van der Waals surface area contributed by atoms with Crippen LogP contribution in [0, 0.1) is 34.5 Å². The first kappa shape index (κ1) is 49.1. The molecule has 7 rings (SSSR count). The molecule has 18 nitrogen and oxygen atoms in total. The van der Waals surface area contributed by atoms with Gasteiger partial charge in [0.25, 0.3) is 0 Å². The van der Waals surface area contributed by atoms with E-state index in [0.717, 1.165) is 25.7 Å². The topological polar surface area (TPSA) is 292 Å². The Morgan fingerprint density at radius 1 is 0.762 bits per heavy atom. The van der Waals surface area contributed by atoms with Crippen LogP contribution in [0.2, 0.25) is 0 Å². The summed E-state index contributed by atoms with van der Waals surface area (Å²) >= 11 is 0. The normalized spacial score (nSPS) is 49.0. The lowest BCUT2D eigenvalue weighted by atomic mass is 9.47. The highest BCUT2D eigenvalue weighted by Crippen LogP contribution is 2.66. The Bertz CT molecular complexity index is 1700. The summed E-state index contributed by atoms with van der Waals surface area (Å²) in [5.74, 6) is 0.340. The van der Waals surface area contributed by atoms with Crippen LogP contribution in [0.3, 0.4) is 0 Å². The van der Waals surface area contributed by atoms with Crippen LogP contribution in [0.5, 0.6) is 0 Å². The van der Waals surface area contributed by atoms with Gasteiger partial charge in [-0.1, -0.05) is 32.4 Å².